The van der Waals surface area contributed by atoms with E-state index in [-0.39, 0.29) is 0 Å². The molecule has 0 aromatic heterocycles. The molecule has 1 heterocycles. The first kappa shape index (κ1) is 12.4. The fraction of sp³-hybridized carbons (Fsp3) is 1.00. The molecular weight excluding hydrogens is 246 g/mol. The topological polar surface area (TPSA) is 21.7 Å². The minimum atomic E-state index is 0.318. The molecule has 84 valence electrons. The van der Waals surface area contributed by atoms with Gasteiger partial charge in [-0.05, 0) is 13.8 Å². The minimum absolute atomic E-state index is 0.318. The lowest BCUT2D eigenvalue weighted by Gasteiger charge is -2.39. The van der Waals surface area contributed by atoms with E-state index < -0.39 is 0 Å². The summed E-state index contributed by atoms with van der Waals surface area (Å²) in [5, 5.41) is 0.910. The van der Waals surface area contributed by atoms with Crippen LogP contribution in [-0.2, 0) is 9.47 Å². The van der Waals surface area contributed by atoms with Crippen molar-refractivity contribution in [3.05, 3.63) is 0 Å². The van der Waals surface area contributed by atoms with Crippen LogP contribution < -0.4 is 0 Å². The van der Waals surface area contributed by atoms with Gasteiger partial charge in [-0.2, -0.15) is 0 Å². The van der Waals surface area contributed by atoms with E-state index in [4.69, 9.17) is 9.47 Å². The summed E-state index contributed by atoms with van der Waals surface area (Å²) in [4.78, 5) is 2.43. The van der Waals surface area contributed by atoms with E-state index in [2.05, 4.69) is 34.7 Å². The molecule has 0 radical (unpaired) electrons. The molecule has 1 aliphatic heterocycles. The molecule has 3 nitrogen and oxygen atoms in total. The highest BCUT2D eigenvalue weighted by atomic mass is 79.9. The lowest BCUT2D eigenvalue weighted by atomic mass is 10.2. The third kappa shape index (κ3) is 3.50. The predicted molar refractivity (Wildman–Crippen MR) is 61.0 cm³/mol. The van der Waals surface area contributed by atoms with Crippen molar-refractivity contribution in [3.63, 3.8) is 0 Å². The Labute approximate surface area is 94.9 Å². The molecule has 4 heteroatoms. The molecule has 0 aliphatic carbocycles. The molecule has 14 heavy (non-hydrogen) atoms. The molecule has 0 bridgehead atoms. The second-order valence-electron chi connectivity index (χ2n) is 3.98. The van der Waals surface area contributed by atoms with E-state index in [1.807, 2.05) is 0 Å². The first-order valence-corrected chi connectivity index (χ1v) is 6.24. The van der Waals surface area contributed by atoms with Crippen LogP contribution in [0, 0.1) is 0 Å². The van der Waals surface area contributed by atoms with Gasteiger partial charge in [-0.25, -0.2) is 0 Å². The molecule has 0 aromatic rings. The van der Waals surface area contributed by atoms with Crippen molar-refractivity contribution in [2.45, 2.75) is 32.1 Å². The van der Waals surface area contributed by atoms with Crippen LogP contribution in [0.5, 0.6) is 0 Å². The van der Waals surface area contributed by atoms with Gasteiger partial charge in [-0.3, -0.25) is 4.90 Å². The molecule has 1 aliphatic rings. The summed E-state index contributed by atoms with van der Waals surface area (Å²) in [6.45, 7) is 7.13. The van der Waals surface area contributed by atoms with Crippen molar-refractivity contribution in [1.29, 1.82) is 0 Å². The summed E-state index contributed by atoms with van der Waals surface area (Å²) >= 11 is 3.47. The number of hydrogen-bond acceptors (Lipinski definition) is 3. The molecule has 1 saturated heterocycles. The van der Waals surface area contributed by atoms with E-state index in [1.54, 1.807) is 7.11 Å². The number of nitrogens with zero attached hydrogens (tertiary/aromatic N) is 1. The number of alkyl halides is 1. The van der Waals surface area contributed by atoms with E-state index in [9.17, 15) is 0 Å². The Morgan fingerprint density at radius 2 is 2.29 bits per heavy atom. The van der Waals surface area contributed by atoms with E-state index >= 15 is 0 Å². The molecular formula is C10H20BrNO2. The summed E-state index contributed by atoms with van der Waals surface area (Å²) < 4.78 is 10.9. The summed E-state index contributed by atoms with van der Waals surface area (Å²) in [6, 6.07) is 0.480. The Balaban J connectivity index is 2.43. The van der Waals surface area contributed by atoms with Crippen molar-refractivity contribution >= 4 is 15.9 Å². The Morgan fingerprint density at radius 1 is 1.57 bits per heavy atom. The monoisotopic (exact) mass is 265 g/mol. The molecule has 0 saturated carbocycles. The van der Waals surface area contributed by atoms with E-state index in [1.165, 1.54) is 0 Å². The first-order valence-electron chi connectivity index (χ1n) is 5.11. The van der Waals surface area contributed by atoms with Gasteiger partial charge in [-0.15, -0.1) is 0 Å². The lowest BCUT2D eigenvalue weighted by Crippen LogP contribution is -2.51. The Bertz CT molecular complexity index is 168. The maximum absolute atomic E-state index is 5.76. The maximum atomic E-state index is 5.76. The summed E-state index contributed by atoms with van der Waals surface area (Å²) in [6.07, 6.45) is 0.642. The lowest BCUT2D eigenvalue weighted by molar-refractivity contribution is -0.0825. The van der Waals surface area contributed by atoms with Crippen molar-refractivity contribution in [1.82, 2.24) is 4.90 Å². The highest BCUT2D eigenvalue weighted by Crippen LogP contribution is 2.15. The van der Waals surface area contributed by atoms with Gasteiger partial charge in [0.2, 0.25) is 0 Å². The van der Waals surface area contributed by atoms with Crippen LogP contribution >= 0.6 is 15.9 Å². The number of hydrogen-bond donors (Lipinski definition) is 0. The van der Waals surface area contributed by atoms with Crippen LogP contribution in [0.25, 0.3) is 0 Å². The molecule has 1 rings (SSSR count). The van der Waals surface area contributed by atoms with Gasteiger partial charge in [-0.1, -0.05) is 15.9 Å². The van der Waals surface area contributed by atoms with Gasteiger partial charge in [0.1, 0.15) is 0 Å². The Hall–Kier alpha value is 0.360. The molecule has 1 fully saturated rings. The van der Waals surface area contributed by atoms with Crippen LogP contribution in [-0.4, -0.2) is 55.3 Å². The fourth-order valence-electron chi connectivity index (χ4n) is 1.87. The molecule has 0 amide bonds. The van der Waals surface area contributed by atoms with Crippen molar-refractivity contribution in [2.24, 2.45) is 0 Å². The van der Waals surface area contributed by atoms with Crippen LogP contribution in [0.15, 0.2) is 0 Å². The second-order valence-corrected chi connectivity index (χ2v) is 4.63. The average Bonchev–Trinajstić information content (AvgIpc) is 2.17. The molecule has 3 atom stereocenters. The zero-order valence-electron chi connectivity index (χ0n) is 9.20. The highest BCUT2D eigenvalue weighted by molar-refractivity contribution is 9.09. The number of halogens is 1. The molecule has 0 N–H and O–H groups in total. The first-order chi connectivity index (χ1) is 6.67. The van der Waals surface area contributed by atoms with Crippen LogP contribution in [0.1, 0.15) is 13.8 Å². The predicted octanol–water partition coefficient (Wildman–Crippen LogP) is 1.51. The van der Waals surface area contributed by atoms with Gasteiger partial charge in [0, 0.05) is 31.6 Å². The minimum Gasteiger partial charge on any atom is -0.383 e. The quantitative estimate of drug-likeness (QED) is 0.720. The Kier molecular flexibility index (Phi) is 5.38. The van der Waals surface area contributed by atoms with Gasteiger partial charge < -0.3 is 9.47 Å². The summed E-state index contributed by atoms with van der Waals surface area (Å²) in [5.41, 5.74) is 0. The summed E-state index contributed by atoms with van der Waals surface area (Å²) in [5.74, 6) is 0. The zero-order chi connectivity index (χ0) is 10.6. The van der Waals surface area contributed by atoms with Crippen LogP contribution in [0.3, 0.4) is 0 Å². The van der Waals surface area contributed by atoms with E-state index in [0.29, 0.717) is 18.2 Å². The van der Waals surface area contributed by atoms with Crippen molar-refractivity contribution in [3.8, 4) is 0 Å². The maximum Gasteiger partial charge on any atom is 0.0802 e. The second kappa shape index (κ2) is 6.05. The molecule has 3 unspecified atom stereocenters. The third-order valence-electron chi connectivity index (χ3n) is 2.56. The normalized spacial score (nSPS) is 31.7. The number of ether oxygens (including phenoxy) is 2. The van der Waals surface area contributed by atoms with Crippen molar-refractivity contribution in [2.75, 3.05) is 32.1 Å². The van der Waals surface area contributed by atoms with E-state index in [0.717, 1.165) is 25.0 Å². The van der Waals surface area contributed by atoms with Crippen molar-refractivity contribution < 1.29 is 9.47 Å². The van der Waals surface area contributed by atoms with Gasteiger partial charge in [0.05, 0.1) is 18.8 Å². The van der Waals surface area contributed by atoms with Gasteiger partial charge >= 0.3 is 0 Å². The molecule has 0 aromatic carbocycles. The average molecular weight is 266 g/mol. The smallest absolute Gasteiger partial charge is 0.0802 e. The standard InChI is InChI=1S/C10H20BrNO2/c1-8(7-13-3)12-5-9(2)14-10(4-11)6-12/h8-10H,4-7H2,1-3H3. The number of methoxy groups -OCH3 is 1. The Morgan fingerprint density at radius 3 is 2.86 bits per heavy atom. The molecule has 0 spiro atoms. The van der Waals surface area contributed by atoms with Crippen LogP contribution in [0.4, 0.5) is 0 Å². The van der Waals surface area contributed by atoms with Gasteiger partial charge in [0.25, 0.3) is 0 Å². The SMILES string of the molecule is COCC(C)N1CC(C)OC(CBr)C1. The highest BCUT2D eigenvalue weighted by Gasteiger charge is 2.27. The largest absolute Gasteiger partial charge is 0.383 e. The number of morpholine rings is 1. The third-order valence-corrected chi connectivity index (χ3v) is 3.28. The van der Waals surface area contributed by atoms with Crippen LogP contribution in [0.2, 0.25) is 0 Å². The summed E-state index contributed by atoms with van der Waals surface area (Å²) in [7, 11) is 1.75. The number of rotatable bonds is 4. The zero-order valence-corrected chi connectivity index (χ0v) is 10.8. The fourth-order valence-corrected chi connectivity index (χ4v) is 2.23. The van der Waals surface area contributed by atoms with Gasteiger partial charge in [0.15, 0.2) is 0 Å².